The van der Waals surface area contributed by atoms with Crippen molar-refractivity contribution in [3.05, 3.63) is 23.4 Å². The van der Waals surface area contributed by atoms with Gasteiger partial charge in [0.25, 0.3) is 0 Å². The number of aromatic nitrogens is 1. The lowest BCUT2D eigenvalue weighted by molar-refractivity contribution is -0.121. The molecule has 0 spiro atoms. The van der Waals surface area contributed by atoms with E-state index in [0.717, 1.165) is 0 Å². The summed E-state index contributed by atoms with van der Waals surface area (Å²) in [5.41, 5.74) is 5.49. The van der Waals surface area contributed by atoms with Gasteiger partial charge < -0.3 is 15.8 Å². The Hall–Kier alpha value is -0.750. The molecule has 1 heterocycles. The fourth-order valence-corrected chi connectivity index (χ4v) is 1.27. The molecule has 0 aromatic carbocycles. The minimum Gasteiger partial charge on any atom is -0.476 e. The first-order valence-corrected chi connectivity index (χ1v) is 5.72. The van der Waals surface area contributed by atoms with Crippen LogP contribution in [0, 0.1) is 0 Å². The molecular weight excluding hydrogens is 312 g/mol. The normalized spacial score (nSPS) is 10.7. The molecule has 19 heavy (non-hydrogen) atoms. The minimum absolute atomic E-state index is 0. The molecule has 0 radical (unpaired) electrons. The topological polar surface area (TPSA) is 77.2 Å². The van der Waals surface area contributed by atoms with E-state index in [2.05, 4.69) is 10.3 Å². The standard InChI is InChI=1S/C11H16ClN3O2.2ClH/c1-8(13)6-10(16)14-4-5-17-11-3-2-9(12)7-15-11;;/h2-3,7-8H,4-6,13H2,1H3,(H,14,16);2*1H. The second-order valence-electron chi connectivity index (χ2n) is 3.69. The maximum absolute atomic E-state index is 11.2. The van der Waals surface area contributed by atoms with Gasteiger partial charge in [-0.2, -0.15) is 0 Å². The largest absolute Gasteiger partial charge is 0.476 e. The van der Waals surface area contributed by atoms with Crippen LogP contribution in [0.5, 0.6) is 5.88 Å². The highest BCUT2D eigenvalue weighted by Crippen LogP contribution is 2.10. The Morgan fingerprint density at radius 2 is 2.21 bits per heavy atom. The third kappa shape index (κ3) is 9.78. The zero-order valence-corrected chi connectivity index (χ0v) is 12.9. The number of rotatable bonds is 6. The van der Waals surface area contributed by atoms with Crippen molar-refractivity contribution in [3.8, 4) is 5.88 Å². The lowest BCUT2D eigenvalue weighted by Crippen LogP contribution is -2.32. The molecule has 0 aliphatic heterocycles. The number of carbonyl (C=O) groups is 1. The number of carbonyl (C=O) groups excluding carboxylic acids is 1. The van der Waals surface area contributed by atoms with Crippen molar-refractivity contribution in [2.45, 2.75) is 19.4 Å². The monoisotopic (exact) mass is 329 g/mol. The quantitative estimate of drug-likeness (QED) is 0.780. The molecule has 110 valence electrons. The molecule has 5 nitrogen and oxygen atoms in total. The Balaban J connectivity index is 0. The van der Waals surface area contributed by atoms with Crippen LogP contribution in [0.15, 0.2) is 18.3 Å². The zero-order valence-electron chi connectivity index (χ0n) is 10.5. The van der Waals surface area contributed by atoms with Crippen molar-refractivity contribution in [2.24, 2.45) is 5.73 Å². The van der Waals surface area contributed by atoms with Gasteiger partial charge in [-0.15, -0.1) is 24.8 Å². The fourth-order valence-electron chi connectivity index (χ4n) is 1.16. The van der Waals surface area contributed by atoms with Gasteiger partial charge in [-0.1, -0.05) is 11.6 Å². The molecule has 1 aromatic rings. The molecular formula is C11H18Cl3N3O2. The third-order valence-corrected chi connectivity index (χ3v) is 2.11. The van der Waals surface area contributed by atoms with Gasteiger partial charge in [0.05, 0.1) is 11.6 Å². The second kappa shape index (κ2) is 11.1. The SMILES string of the molecule is CC(N)CC(=O)NCCOc1ccc(Cl)cn1.Cl.Cl. The van der Waals surface area contributed by atoms with E-state index in [1.807, 2.05) is 0 Å². The molecule has 0 aliphatic rings. The van der Waals surface area contributed by atoms with Gasteiger partial charge in [-0.25, -0.2) is 4.98 Å². The lowest BCUT2D eigenvalue weighted by Gasteiger charge is -2.08. The summed E-state index contributed by atoms with van der Waals surface area (Å²) in [7, 11) is 0. The maximum Gasteiger partial charge on any atom is 0.221 e. The fraction of sp³-hybridized carbons (Fsp3) is 0.455. The molecule has 8 heteroatoms. The number of halogens is 3. The predicted octanol–water partition coefficient (Wildman–Crippen LogP) is 1.81. The molecule has 1 unspecified atom stereocenters. The van der Waals surface area contributed by atoms with Gasteiger partial charge >= 0.3 is 0 Å². The highest BCUT2D eigenvalue weighted by molar-refractivity contribution is 6.30. The van der Waals surface area contributed by atoms with Crippen LogP contribution in [-0.2, 0) is 4.79 Å². The van der Waals surface area contributed by atoms with E-state index in [4.69, 9.17) is 22.1 Å². The van der Waals surface area contributed by atoms with Crippen LogP contribution in [0.4, 0.5) is 0 Å². The summed E-state index contributed by atoms with van der Waals surface area (Å²) in [6.45, 7) is 2.57. The Morgan fingerprint density at radius 3 is 2.74 bits per heavy atom. The van der Waals surface area contributed by atoms with Gasteiger partial charge in [-0.05, 0) is 13.0 Å². The number of amides is 1. The van der Waals surface area contributed by atoms with Crippen LogP contribution in [0.2, 0.25) is 5.02 Å². The summed E-state index contributed by atoms with van der Waals surface area (Å²) in [5.74, 6) is 0.406. The van der Waals surface area contributed by atoms with E-state index in [-0.39, 0.29) is 36.8 Å². The summed E-state index contributed by atoms with van der Waals surface area (Å²) in [5, 5.41) is 3.26. The molecule has 0 bridgehead atoms. The van der Waals surface area contributed by atoms with Gasteiger partial charge in [0, 0.05) is 24.7 Å². The molecule has 0 saturated carbocycles. The summed E-state index contributed by atoms with van der Waals surface area (Å²) >= 11 is 5.68. The molecule has 1 atom stereocenters. The summed E-state index contributed by atoms with van der Waals surface area (Å²) in [6.07, 6.45) is 1.82. The van der Waals surface area contributed by atoms with Gasteiger partial charge in [0.2, 0.25) is 11.8 Å². The van der Waals surface area contributed by atoms with E-state index in [1.54, 1.807) is 19.1 Å². The first-order chi connectivity index (χ1) is 8.08. The van der Waals surface area contributed by atoms with Crippen LogP contribution in [0.3, 0.4) is 0 Å². The number of ether oxygens (including phenoxy) is 1. The number of hydrogen-bond acceptors (Lipinski definition) is 4. The van der Waals surface area contributed by atoms with Crippen molar-refractivity contribution in [1.82, 2.24) is 10.3 Å². The van der Waals surface area contributed by atoms with Crippen molar-refractivity contribution in [1.29, 1.82) is 0 Å². The van der Waals surface area contributed by atoms with E-state index in [1.165, 1.54) is 6.20 Å². The molecule has 1 aromatic heterocycles. The molecule has 1 amide bonds. The number of nitrogens with two attached hydrogens (primary N) is 1. The van der Waals surface area contributed by atoms with Gasteiger partial charge in [0.15, 0.2) is 0 Å². The van der Waals surface area contributed by atoms with E-state index < -0.39 is 0 Å². The Morgan fingerprint density at radius 1 is 1.53 bits per heavy atom. The van der Waals surface area contributed by atoms with Crippen LogP contribution in [0.1, 0.15) is 13.3 Å². The minimum atomic E-state index is -0.131. The first-order valence-electron chi connectivity index (χ1n) is 5.34. The van der Waals surface area contributed by atoms with Crippen LogP contribution in [-0.4, -0.2) is 30.1 Å². The molecule has 3 N–H and O–H groups in total. The zero-order chi connectivity index (χ0) is 12.7. The Labute approximate surface area is 130 Å². The summed E-state index contributed by atoms with van der Waals surface area (Å²) in [4.78, 5) is 15.2. The van der Waals surface area contributed by atoms with Crippen LogP contribution in [0.25, 0.3) is 0 Å². The predicted molar refractivity (Wildman–Crippen MR) is 80.5 cm³/mol. The van der Waals surface area contributed by atoms with Gasteiger partial charge in [-0.3, -0.25) is 4.79 Å². The second-order valence-corrected chi connectivity index (χ2v) is 4.13. The average Bonchev–Trinajstić information content (AvgIpc) is 2.26. The van der Waals surface area contributed by atoms with Crippen molar-refractivity contribution < 1.29 is 9.53 Å². The van der Waals surface area contributed by atoms with Crippen molar-refractivity contribution in [3.63, 3.8) is 0 Å². The summed E-state index contributed by atoms with van der Waals surface area (Å²) < 4.78 is 5.30. The smallest absolute Gasteiger partial charge is 0.221 e. The number of nitrogens with one attached hydrogen (secondary N) is 1. The maximum atomic E-state index is 11.2. The Bertz CT molecular complexity index is 361. The third-order valence-electron chi connectivity index (χ3n) is 1.88. The molecule has 0 aliphatic carbocycles. The van der Waals surface area contributed by atoms with E-state index in [0.29, 0.717) is 30.5 Å². The van der Waals surface area contributed by atoms with E-state index >= 15 is 0 Å². The molecule has 0 fully saturated rings. The lowest BCUT2D eigenvalue weighted by atomic mass is 10.2. The average molecular weight is 331 g/mol. The van der Waals surface area contributed by atoms with Crippen LogP contribution < -0.4 is 15.8 Å². The molecule has 0 saturated heterocycles. The molecule has 1 rings (SSSR count). The number of hydrogen-bond donors (Lipinski definition) is 2. The first kappa shape index (κ1) is 20.6. The van der Waals surface area contributed by atoms with Crippen molar-refractivity contribution >= 4 is 42.3 Å². The number of nitrogens with zero attached hydrogens (tertiary/aromatic N) is 1. The highest BCUT2D eigenvalue weighted by atomic mass is 35.5. The van der Waals surface area contributed by atoms with Gasteiger partial charge in [0.1, 0.15) is 6.61 Å². The van der Waals surface area contributed by atoms with Crippen LogP contribution >= 0.6 is 36.4 Å². The number of pyridine rings is 1. The van der Waals surface area contributed by atoms with E-state index in [9.17, 15) is 4.79 Å². The Kier molecular flexibility index (Phi) is 12.0. The summed E-state index contributed by atoms with van der Waals surface area (Å²) in [6, 6.07) is 3.24. The van der Waals surface area contributed by atoms with Crippen molar-refractivity contribution in [2.75, 3.05) is 13.2 Å². The highest BCUT2D eigenvalue weighted by Gasteiger charge is 2.03.